The summed E-state index contributed by atoms with van der Waals surface area (Å²) >= 11 is 0. The van der Waals surface area contributed by atoms with Crippen LogP contribution in [0.25, 0.3) is 0 Å². The molecule has 1 aromatic carbocycles. The maximum absolute atomic E-state index is 13.0. The standard InChI is InChI=1S/C21H31N5O5S/c1-6-21(14(3)12-23-19(21)28)11-16(24-13-27)15-8-9-17(26(4)5)18(10-15)32(30,31)25-20(29)22-7-2/h8-10,12-13,16H,6-7,11H2,1-5H3,(H,23,28)(H,24,27)(H2,22,25,29). The van der Waals surface area contributed by atoms with Gasteiger partial charge in [0.15, 0.2) is 0 Å². The van der Waals surface area contributed by atoms with Gasteiger partial charge in [-0.15, -0.1) is 0 Å². The third-order valence-corrected chi connectivity index (χ3v) is 7.12. The summed E-state index contributed by atoms with van der Waals surface area (Å²) in [5, 5.41) is 7.84. The topological polar surface area (TPSA) is 137 Å². The van der Waals surface area contributed by atoms with Crippen molar-refractivity contribution in [2.45, 2.75) is 44.6 Å². The van der Waals surface area contributed by atoms with E-state index < -0.39 is 27.5 Å². The van der Waals surface area contributed by atoms with Gasteiger partial charge in [-0.1, -0.05) is 13.0 Å². The average Bonchev–Trinajstić information content (AvgIpc) is 3.01. The SMILES string of the molecule is CCNC(=O)NS(=O)(=O)c1cc(C(CC2(CC)C(=O)NC=C2C)NC=O)ccc1N(C)C. The Labute approximate surface area is 188 Å². The molecule has 4 amide bonds. The van der Waals surface area contributed by atoms with Gasteiger partial charge in [0, 0.05) is 26.8 Å². The smallest absolute Gasteiger partial charge is 0.328 e. The molecule has 0 saturated heterocycles. The third-order valence-electron chi connectivity index (χ3n) is 5.76. The normalized spacial score (nSPS) is 18.9. The van der Waals surface area contributed by atoms with Gasteiger partial charge in [-0.25, -0.2) is 17.9 Å². The van der Waals surface area contributed by atoms with Crippen LogP contribution in [0, 0.1) is 5.41 Å². The molecule has 2 atom stereocenters. The number of nitrogens with one attached hydrogen (secondary N) is 4. The number of rotatable bonds is 10. The third kappa shape index (κ3) is 5.04. The summed E-state index contributed by atoms with van der Waals surface area (Å²) < 4.78 is 28.0. The van der Waals surface area contributed by atoms with Crippen molar-refractivity contribution in [1.29, 1.82) is 0 Å². The fraction of sp³-hybridized carbons (Fsp3) is 0.476. The highest BCUT2D eigenvalue weighted by atomic mass is 32.2. The molecule has 1 heterocycles. The number of amides is 4. The highest BCUT2D eigenvalue weighted by Gasteiger charge is 2.43. The van der Waals surface area contributed by atoms with E-state index in [9.17, 15) is 22.8 Å². The predicted octanol–water partition coefficient (Wildman–Crippen LogP) is 1.37. The fourth-order valence-electron chi connectivity index (χ4n) is 3.88. The van der Waals surface area contributed by atoms with Gasteiger partial charge in [-0.3, -0.25) is 9.59 Å². The minimum Gasteiger partial charge on any atom is -0.377 e. The zero-order chi connectivity index (χ0) is 24.1. The van der Waals surface area contributed by atoms with E-state index in [0.717, 1.165) is 5.57 Å². The van der Waals surface area contributed by atoms with Crippen LogP contribution in [-0.2, 0) is 19.6 Å². The summed E-state index contributed by atoms with van der Waals surface area (Å²) in [5.41, 5.74) is 0.895. The molecule has 1 aliphatic rings. The van der Waals surface area contributed by atoms with E-state index in [2.05, 4.69) is 16.0 Å². The molecule has 11 heteroatoms. The van der Waals surface area contributed by atoms with E-state index in [1.165, 1.54) is 6.07 Å². The Bertz CT molecular complexity index is 1020. The van der Waals surface area contributed by atoms with E-state index in [0.29, 0.717) is 24.1 Å². The Hall–Kier alpha value is -3.08. The lowest BCUT2D eigenvalue weighted by molar-refractivity contribution is -0.128. The van der Waals surface area contributed by atoms with E-state index >= 15 is 0 Å². The van der Waals surface area contributed by atoms with Gasteiger partial charge in [0.2, 0.25) is 12.3 Å². The number of urea groups is 1. The van der Waals surface area contributed by atoms with Crippen molar-refractivity contribution >= 4 is 34.1 Å². The Kier molecular flexibility index (Phi) is 7.89. The molecule has 0 aliphatic carbocycles. The van der Waals surface area contributed by atoms with Crippen LogP contribution in [0.4, 0.5) is 10.5 Å². The highest BCUT2D eigenvalue weighted by molar-refractivity contribution is 7.90. The average molecular weight is 466 g/mol. The van der Waals surface area contributed by atoms with Crippen molar-refractivity contribution in [3.8, 4) is 0 Å². The molecule has 1 aromatic rings. The summed E-state index contributed by atoms with van der Waals surface area (Å²) in [5.74, 6) is -0.161. The summed E-state index contributed by atoms with van der Waals surface area (Å²) in [4.78, 5) is 37.4. The summed E-state index contributed by atoms with van der Waals surface area (Å²) in [6.45, 7) is 5.68. The van der Waals surface area contributed by atoms with Gasteiger partial charge < -0.3 is 20.9 Å². The van der Waals surface area contributed by atoms with Crippen LogP contribution < -0.4 is 25.6 Å². The van der Waals surface area contributed by atoms with Gasteiger partial charge in [0.1, 0.15) is 4.90 Å². The summed E-state index contributed by atoms with van der Waals surface area (Å²) in [7, 11) is -0.839. The number of sulfonamides is 1. The molecule has 0 spiro atoms. The van der Waals surface area contributed by atoms with E-state index in [1.807, 2.05) is 18.6 Å². The lowest BCUT2D eigenvalue weighted by Gasteiger charge is -2.32. The molecule has 32 heavy (non-hydrogen) atoms. The largest absolute Gasteiger partial charge is 0.377 e. The number of benzene rings is 1. The molecule has 4 N–H and O–H groups in total. The fourth-order valence-corrected chi connectivity index (χ4v) is 5.12. The van der Waals surface area contributed by atoms with E-state index in [1.54, 1.807) is 44.3 Å². The predicted molar refractivity (Wildman–Crippen MR) is 121 cm³/mol. The first-order chi connectivity index (χ1) is 15.0. The van der Waals surface area contributed by atoms with Crippen LogP contribution >= 0.6 is 0 Å². The molecule has 2 unspecified atom stereocenters. The highest BCUT2D eigenvalue weighted by Crippen LogP contribution is 2.43. The second kappa shape index (κ2) is 10.0. The number of carbonyl (C=O) groups excluding carboxylic acids is 3. The van der Waals surface area contributed by atoms with Crippen LogP contribution in [0.5, 0.6) is 0 Å². The van der Waals surface area contributed by atoms with Crippen molar-refractivity contribution in [3.63, 3.8) is 0 Å². The maximum atomic E-state index is 13.0. The minimum absolute atomic E-state index is 0.113. The second-order valence-electron chi connectivity index (χ2n) is 7.86. The first-order valence-electron chi connectivity index (χ1n) is 10.3. The Morgan fingerprint density at radius 1 is 1.28 bits per heavy atom. The van der Waals surface area contributed by atoms with Gasteiger partial charge in [0.05, 0.1) is 17.1 Å². The summed E-state index contributed by atoms with van der Waals surface area (Å²) in [6.07, 6.45) is 2.95. The molecule has 0 fully saturated rings. The van der Waals surface area contributed by atoms with Crippen LogP contribution in [0.2, 0.25) is 0 Å². The molecule has 0 aromatic heterocycles. The molecular formula is C21H31N5O5S. The number of hydrogen-bond donors (Lipinski definition) is 4. The minimum atomic E-state index is -4.21. The van der Waals surface area contributed by atoms with Gasteiger partial charge in [-0.2, -0.15) is 0 Å². The van der Waals surface area contributed by atoms with Crippen LogP contribution in [0.15, 0.2) is 34.9 Å². The van der Waals surface area contributed by atoms with Crippen molar-refractivity contribution < 1.29 is 22.8 Å². The zero-order valence-electron chi connectivity index (χ0n) is 19.0. The number of nitrogens with zero attached hydrogens (tertiary/aromatic N) is 1. The van der Waals surface area contributed by atoms with Crippen LogP contribution in [0.3, 0.4) is 0 Å². The molecular weight excluding hydrogens is 434 g/mol. The van der Waals surface area contributed by atoms with Gasteiger partial charge >= 0.3 is 6.03 Å². The van der Waals surface area contributed by atoms with Crippen molar-refractivity contribution in [1.82, 2.24) is 20.7 Å². The van der Waals surface area contributed by atoms with Crippen LogP contribution in [-0.4, -0.2) is 47.4 Å². The maximum Gasteiger partial charge on any atom is 0.328 e. The molecule has 2 rings (SSSR count). The second-order valence-corrected chi connectivity index (χ2v) is 9.52. The lowest BCUT2D eigenvalue weighted by Crippen LogP contribution is -2.40. The molecule has 176 valence electrons. The van der Waals surface area contributed by atoms with Crippen molar-refractivity contribution in [3.05, 3.63) is 35.5 Å². The first-order valence-corrected chi connectivity index (χ1v) is 11.8. The quantitative estimate of drug-likeness (QED) is 0.385. The molecule has 0 saturated carbocycles. The Balaban J connectivity index is 2.54. The molecule has 1 aliphatic heterocycles. The van der Waals surface area contributed by atoms with E-state index in [4.69, 9.17) is 0 Å². The number of hydrogen-bond acceptors (Lipinski definition) is 6. The lowest BCUT2D eigenvalue weighted by atomic mass is 9.73. The van der Waals surface area contributed by atoms with Gasteiger partial charge in [0.25, 0.3) is 10.0 Å². The summed E-state index contributed by atoms with van der Waals surface area (Å²) in [6, 6.07) is 3.27. The monoisotopic (exact) mass is 465 g/mol. The van der Waals surface area contributed by atoms with Gasteiger partial charge in [-0.05, 0) is 50.0 Å². The molecule has 0 bridgehead atoms. The number of anilines is 1. The first kappa shape index (κ1) is 25.2. The Morgan fingerprint density at radius 2 is 1.97 bits per heavy atom. The van der Waals surface area contributed by atoms with Crippen LogP contribution in [0.1, 0.15) is 45.2 Å². The molecule has 10 nitrogen and oxygen atoms in total. The Morgan fingerprint density at radius 3 is 2.47 bits per heavy atom. The van der Waals surface area contributed by atoms with E-state index in [-0.39, 0.29) is 23.8 Å². The molecule has 0 radical (unpaired) electrons. The number of carbonyl (C=O) groups is 3. The van der Waals surface area contributed by atoms with Crippen molar-refractivity contribution in [2.75, 3.05) is 25.5 Å². The zero-order valence-corrected chi connectivity index (χ0v) is 19.8. The van der Waals surface area contributed by atoms with Crippen molar-refractivity contribution in [2.24, 2.45) is 5.41 Å².